The molecule has 0 aliphatic carbocycles. The number of aromatic nitrogens is 2. The average Bonchev–Trinajstić information content (AvgIpc) is 2.80. The molecule has 2 heterocycles. The SMILES string of the molecule is COc1c(O)cc(/C=N\NC(=O)c2ccncc2)cc1/C=N\NC(=O)c1ccncc1. The van der Waals surface area contributed by atoms with Crippen molar-refractivity contribution in [3.05, 3.63) is 83.4 Å². The number of hydrogen-bond donors (Lipinski definition) is 3. The summed E-state index contributed by atoms with van der Waals surface area (Å²) in [6.45, 7) is 0. The van der Waals surface area contributed by atoms with E-state index in [-0.39, 0.29) is 11.5 Å². The first-order valence-corrected chi connectivity index (χ1v) is 8.96. The van der Waals surface area contributed by atoms with Gasteiger partial charge in [0.1, 0.15) is 0 Å². The Balaban J connectivity index is 1.72. The van der Waals surface area contributed by atoms with Gasteiger partial charge in [-0.3, -0.25) is 19.6 Å². The number of benzene rings is 1. The van der Waals surface area contributed by atoms with E-state index in [0.717, 1.165) is 0 Å². The van der Waals surface area contributed by atoms with E-state index in [4.69, 9.17) is 4.74 Å². The molecular formula is C21H18N6O4. The number of amides is 2. The second-order valence-electron chi connectivity index (χ2n) is 6.03. The van der Waals surface area contributed by atoms with E-state index in [1.165, 1.54) is 50.4 Å². The molecule has 0 spiro atoms. The van der Waals surface area contributed by atoms with E-state index in [1.54, 1.807) is 30.3 Å². The Morgan fingerprint density at radius 2 is 1.42 bits per heavy atom. The molecule has 0 aliphatic heterocycles. The molecule has 0 aliphatic rings. The van der Waals surface area contributed by atoms with Crippen molar-refractivity contribution >= 4 is 24.2 Å². The van der Waals surface area contributed by atoms with Gasteiger partial charge in [0.25, 0.3) is 11.8 Å². The van der Waals surface area contributed by atoms with Crippen LogP contribution in [0.15, 0.2) is 71.4 Å². The lowest BCUT2D eigenvalue weighted by Crippen LogP contribution is -2.17. The van der Waals surface area contributed by atoms with Crippen molar-refractivity contribution in [2.45, 2.75) is 0 Å². The summed E-state index contributed by atoms with van der Waals surface area (Å²) in [5, 5.41) is 18.0. The Hall–Kier alpha value is -4.60. The Morgan fingerprint density at radius 3 is 1.94 bits per heavy atom. The maximum absolute atomic E-state index is 12.0. The van der Waals surface area contributed by atoms with Crippen molar-refractivity contribution in [1.29, 1.82) is 0 Å². The predicted octanol–water partition coefficient (Wildman–Crippen LogP) is 1.72. The number of nitrogens with one attached hydrogen (secondary N) is 2. The summed E-state index contributed by atoms with van der Waals surface area (Å²) >= 11 is 0. The molecular weight excluding hydrogens is 400 g/mol. The number of hydrogen-bond acceptors (Lipinski definition) is 8. The number of nitrogens with zero attached hydrogens (tertiary/aromatic N) is 4. The minimum atomic E-state index is -0.418. The summed E-state index contributed by atoms with van der Waals surface area (Å²) in [5.74, 6) is -0.816. The van der Waals surface area contributed by atoms with Crippen LogP contribution in [0.5, 0.6) is 11.5 Å². The van der Waals surface area contributed by atoms with E-state index in [1.807, 2.05) is 0 Å². The molecule has 1 aromatic carbocycles. The highest BCUT2D eigenvalue weighted by atomic mass is 16.5. The highest BCUT2D eigenvalue weighted by Crippen LogP contribution is 2.30. The van der Waals surface area contributed by atoms with Gasteiger partial charge in [-0.05, 0) is 42.0 Å². The van der Waals surface area contributed by atoms with E-state index >= 15 is 0 Å². The number of hydrazone groups is 2. The first-order chi connectivity index (χ1) is 15.1. The number of methoxy groups -OCH3 is 1. The van der Waals surface area contributed by atoms with Gasteiger partial charge in [0.15, 0.2) is 11.5 Å². The number of phenolic OH excluding ortho intramolecular Hbond substituents is 1. The number of carbonyl (C=O) groups is 2. The maximum atomic E-state index is 12.0. The van der Waals surface area contributed by atoms with Gasteiger partial charge in [-0.15, -0.1) is 0 Å². The van der Waals surface area contributed by atoms with Crippen molar-refractivity contribution in [3.8, 4) is 11.5 Å². The lowest BCUT2D eigenvalue weighted by atomic mass is 10.1. The van der Waals surface area contributed by atoms with Gasteiger partial charge >= 0.3 is 0 Å². The lowest BCUT2D eigenvalue weighted by molar-refractivity contribution is 0.0947. The number of aromatic hydroxyl groups is 1. The smallest absolute Gasteiger partial charge is 0.271 e. The molecule has 0 bridgehead atoms. The zero-order valence-electron chi connectivity index (χ0n) is 16.4. The molecule has 31 heavy (non-hydrogen) atoms. The molecule has 0 saturated heterocycles. The minimum Gasteiger partial charge on any atom is -0.504 e. The van der Waals surface area contributed by atoms with E-state index < -0.39 is 11.8 Å². The lowest BCUT2D eigenvalue weighted by Gasteiger charge is -2.08. The summed E-state index contributed by atoms with van der Waals surface area (Å²) in [6, 6.07) is 9.23. The predicted molar refractivity (Wildman–Crippen MR) is 113 cm³/mol. The highest BCUT2D eigenvalue weighted by Gasteiger charge is 2.10. The molecule has 10 heteroatoms. The first kappa shape index (κ1) is 21.1. The first-order valence-electron chi connectivity index (χ1n) is 8.96. The van der Waals surface area contributed by atoms with Gasteiger partial charge < -0.3 is 9.84 Å². The normalized spacial score (nSPS) is 10.9. The van der Waals surface area contributed by atoms with Crippen LogP contribution in [-0.2, 0) is 0 Å². The number of carbonyl (C=O) groups excluding carboxylic acids is 2. The number of rotatable bonds is 7. The summed E-state index contributed by atoms with van der Waals surface area (Å²) in [7, 11) is 1.39. The van der Waals surface area contributed by atoms with Gasteiger partial charge in [0.2, 0.25) is 0 Å². The molecule has 0 atom stereocenters. The van der Waals surface area contributed by atoms with Crippen molar-refractivity contribution < 1.29 is 19.4 Å². The molecule has 2 aromatic heterocycles. The van der Waals surface area contributed by atoms with Crippen molar-refractivity contribution in [1.82, 2.24) is 20.8 Å². The van der Waals surface area contributed by atoms with E-state index in [2.05, 4.69) is 31.0 Å². The van der Waals surface area contributed by atoms with Crippen molar-refractivity contribution in [2.75, 3.05) is 7.11 Å². The third-order valence-corrected chi connectivity index (χ3v) is 3.96. The third-order valence-electron chi connectivity index (χ3n) is 3.96. The van der Waals surface area contributed by atoms with Crippen LogP contribution in [-0.4, -0.2) is 46.4 Å². The molecule has 0 radical (unpaired) electrons. The summed E-state index contributed by atoms with van der Waals surface area (Å²) in [6.07, 6.45) is 8.67. The Morgan fingerprint density at radius 1 is 0.903 bits per heavy atom. The molecule has 2 amide bonds. The molecule has 3 rings (SSSR count). The second-order valence-corrected chi connectivity index (χ2v) is 6.03. The van der Waals surface area contributed by atoms with Gasteiger partial charge in [-0.1, -0.05) is 0 Å². The Labute approximate surface area is 177 Å². The van der Waals surface area contributed by atoms with Crippen LogP contribution in [0.1, 0.15) is 31.8 Å². The fourth-order valence-corrected chi connectivity index (χ4v) is 2.51. The summed E-state index contributed by atoms with van der Waals surface area (Å²) in [5.41, 5.74) is 6.43. The molecule has 0 fully saturated rings. The van der Waals surface area contributed by atoms with E-state index in [9.17, 15) is 14.7 Å². The van der Waals surface area contributed by atoms with Crippen molar-refractivity contribution in [3.63, 3.8) is 0 Å². The fraction of sp³-hybridized carbons (Fsp3) is 0.0476. The second kappa shape index (κ2) is 10.3. The minimum absolute atomic E-state index is 0.158. The highest BCUT2D eigenvalue weighted by molar-refractivity contribution is 5.96. The van der Waals surface area contributed by atoms with Gasteiger partial charge in [0.05, 0.1) is 19.5 Å². The molecule has 0 unspecified atom stereocenters. The van der Waals surface area contributed by atoms with E-state index in [0.29, 0.717) is 22.3 Å². The van der Waals surface area contributed by atoms with Gasteiger partial charge in [-0.2, -0.15) is 10.2 Å². The van der Waals surface area contributed by atoms with Crippen LogP contribution in [0, 0.1) is 0 Å². The number of ether oxygens (including phenoxy) is 1. The number of phenols is 1. The van der Waals surface area contributed by atoms with Crippen LogP contribution >= 0.6 is 0 Å². The molecule has 10 nitrogen and oxygen atoms in total. The van der Waals surface area contributed by atoms with Crippen LogP contribution in [0.2, 0.25) is 0 Å². The average molecular weight is 418 g/mol. The third kappa shape index (κ3) is 5.70. The van der Waals surface area contributed by atoms with Gasteiger partial charge in [-0.25, -0.2) is 10.9 Å². The molecule has 3 N–H and O–H groups in total. The van der Waals surface area contributed by atoms with Crippen LogP contribution in [0.3, 0.4) is 0 Å². The summed E-state index contributed by atoms with van der Waals surface area (Å²) < 4.78 is 5.19. The Bertz CT molecular complexity index is 1120. The van der Waals surface area contributed by atoms with Crippen LogP contribution in [0.25, 0.3) is 0 Å². The van der Waals surface area contributed by atoms with Crippen LogP contribution in [0.4, 0.5) is 0 Å². The van der Waals surface area contributed by atoms with Crippen molar-refractivity contribution in [2.24, 2.45) is 10.2 Å². The summed E-state index contributed by atoms with van der Waals surface area (Å²) in [4.78, 5) is 31.7. The monoisotopic (exact) mass is 418 g/mol. The number of pyridine rings is 2. The Kier molecular flexibility index (Phi) is 6.99. The zero-order valence-corrected chi connectivity index (χ0v) is 16.4. The van der Waals surface area contributed by atoms with Gasteiger partial charge in [0, 0.05) is 41.5 Å². The maximum Gasteiger partial charge on any atom is 0.271 e. The largest absolute Gasteiger partial charge is 0.504 e. The zero-order chi connectivity index (χ0) is 22.1. The fourth-order valence-electron chi connectivity index (χ4n) is 2.51. The molecule has 156 valence electrons. The van der Waals surface area contributed by atoms with Crippen LogP contribution < -0.4 is 15.6 Å². The topological polar surface area (TPSA) is 138 Å². The standard InChI is InChI=1S/C21H18N6O4/c1-31-19-17(13-25-27-21(30)16-4-8-23-9-5-16)10-14(11-18(19)28)12-24-26-20(29)15-2-6-22-7-3-15/h2-13,28H,1H3,(H,26,29)(H,27,30)/b24-12-,25-13-. The molecule has 0 saturated carbocycles. The quantitative estimate of drug-likeness (QED) is 0.394. The molecule has 3 aromatic rings.